The molecule has 0 fully saturated rings. The number of ether oxygens (including phenoxy) is 1. The fraction of sp³-hybridized carbons (Fsp3) is 0.167. The topological polar surface area (TPSA) is 62.2 Å². The van der Waals surface area contributed by atoms with Gasteiger partial charge < -0.3 is 14.6 Å². The molecule has 4 nitrogen and oxygen atoms in total. The monoisotopic (exact) mass is 282 g/mol. The van der Waals surface area contributed by atoms with Crippen LogP contribution in [-0.4, -0.2) is 11.0 Å². The predicted octanol–water partition coefficient (Wildman–Crippen LogP) is 1.67. The second kappa shape index (κ2) is 5.84. The first-order valence-electron chi connectivity index (χ1n) is 5.15. The number of hydrogen-bond donors (Lipinski definition) is 0. The molecule has 94 valence electrons. The van der Waals surface area contributed by atoms with Gasteiger partial charge in [0.05, 0.1) is 10.7 Å². The minimum absolute atomic E-state index is 0.178. The summed E-state index contributed by atoms with van der Waals surface area (Å²) in [6, 6.07) is 7.14. The highest BCUT2D eigenvalue weighted by atomic mass is 35.5. The van der Waals surface area contributed by atoms with Crippen molar-refractivity contribution in [3.05, 3.63) is 45.4 Å². The number of carbonyl (C=O) groups excluding carboxylic acids is 1. The van der Waals surface area contributed by atoms with Gasteiger partial charge in [0, 0.05) is 17.8 Å². The van der Waals surface area contributed by atoms with E-state index in [-0.39, 0.29) is 13.0 Å². The van der Waals surface area contributed by atoms with Gasteiger partial charge in [-0.15, -0.1) is 11.3 Å². The fourth-order valence-corrected chi connectivity index (χ4v) is 2.24. The SMILES string of the molecule is O=C([O-])Cc1csc(COc2ccccc2Cl)n1. The Bertz CT molecular complexity index is 556. The zero-order valence-electron chi connectivity index (χ0n) is 9.26. The number of thiazole rings is 1. The number of hydrogen-bond acceptors (Lipinski definition) is 5. The molecular weight excluding hydrogens is 274 g/mol. The second-order valence-corrected chi connectivity index (χ2v) is 4.85. The minimum atomic E-state index is -1.14. The number of para-hydroxylation sites is 1. The molecule has 18 heavy (non-hydrogen) atoms. The largest absolute Gasteiger partial charge is 0.550 e. The quantitative estimate of drug-likeness (QED) is 0.837. The van der Waals surface area contributed by atoms with Crippen molar-refractivity contribution in [1.29, 1.82) is 0 Å². The maximum absolute atomic E-state index is 10.4. The summed E-state index contributed by atoms with van der Waals surface area (Å²) in [5.41, 5.74) is 0.484. The molecular formula is C12H9ClNO3S-. The lowest BCUT2D eigenvalue weighted by Crippen LogP contribution is -2.24. The molecule has 1 aromatic heterocycles. The van der Waals surface area contributed by atoms with E-state index in [2.05, 4.69) is 4.98 Å². The summed E-state index contributed by atoms with van der Waals surface area (Å²) in [6.07, 6.45) is -0.178. The molecule has 0 spiro atoms. The van der Waals surface area contributed by atoms with Gasteiger partial charge in [0.25, 0.3) is 0 Å². The van der Waals surface area contributed by atoms with Crippen LogP contribution in [0.25, 0.3) is 0 Å². The van der Waals surface area contributed by atoms with Crippen molar-refractivity contribution in [2.75, 3.05) is 0 Å². The van der Waals surface area contributed by atoms with E-state index in [1.807, 2.05) is 12.1 Å². The molecule has 0 amide bonds. The maximum atomic E-state index is 10.4. The van der Waals surface area contributed by atoms with E-state index in [0.29, 0.717) is 21.5 Å². The molecule has 1 aromatic carbocycles. The molecule has 0 radical (unpaired) electrons. The summed E-state index contributed by atoms with van der Waals surface area (Å²) in [4.78, 5) is 14.5. The number of nitrogens with zero attached hydrogens (tertiary/aromatic N) is 1. The molecule has 0 aliphatic rings. The standard InChI is InChI=1S/C12H10ClNO3S/c13-9-3-1-2-4-10(9)17-6-11-14-8(7-18-11)5-12(15)16/h1-4,7H,5-6H2,(H,15,16)/p-1. The van der Waals surface area contributed by atoms with Crippen molar-refractivity contribution < 1.29 is 14.6 Å². The van der Waals surface area contributed by atoms with E-state index < -0.39 is 5.97 Å². The first kappa shape index (κ1) is 12.9. The van der Waals surface area contributed by atoms with Gasteiger partial charge in [-0.1, -0.05) is 23.7 Å². The van der Waals surface area contributed by atoms with Gasteiger partial charge in [-0.3, -0.25) is 0 Å². The highest BCUT2D eigenvalue weighted by molar-refractivity contribution is 7.09. The molecule has 0 aliphatic carbocycles. The Hall–Kier alpha value is -1.59. The summed E-state index contributed by atoms with van der Waals surface area (Å²) in [5, 5.41) is 13.3. The number of carbonyl (C=O) groups is 1. The van der Waals surface area contributed by atoms with Crippen molar-refractivity contribution in [1.82, 2.24) is 4.98 Å². The molecule has 6 heteroatoms. The maximum Gasteiger partial charge on any atom is 0.140 e. The van der Waals surface area contributed by atoms with Gasteiger partial charge >= 0.3 is 0 Å². The van der Waals surface area contributed by atoms with Crippen LogP contribution in [0.4, 0.5) is 0 Å². The van der Waals surface area contributed by atoms with Gasteiger partial charge in [0.1, 0.15) is 17.4 Å². The Morgan fingerprint density at radius 2 is 2.22 bits per heavy atom. The van der Waals surface area contributed by atoms with Crippen LogP contribution in [0.3, 0.4) is 0 Å². The Morgan fingerprint density at radius 3 is 2.94 bits per heavy atom. The van der Waals surface area contributed by atoms with Crippen LogP contribution in [0, 0.1) is 0 Å². The molecule has 2 rings (SSSR count). The van der Waals surface area contributed by atoms with E-state index in [0.717, 1.165) is 0 Å². The molecule has 0 N–H and O–H groups in total. The summed E-state index contributed by atoms with van der Waals surface area (Å²) in [5.74, 6) is -0.560. The van der Waals surface area contributed by atoms with Crippen molar-refractivity contribution in [2.45, 2.75) is 13.0 Å². The highest BCUT2D eigenvalue weighted by Crippen LogP contribution is 2.24. The number of rotatable bonds is 5. The van der Waals surface area contributed by atoms with E-state index in [1.165, 1.54) is 11.3 Å². The second-order valence-electron chi connectivity index (χ2n) is 3.50. The van der Waals surface area contributed by atoms with Crippen molar-refractivity contribution in [3.63, 3.8) is 0 Å². The van der Waals surface area contributed by atoms with E-state index >= 15 is 0 Å². The fourth-order valence-electron chi connectivity index (χ4n) is 1.35. The van der Waals surface area contributed by atoms with Crippen LogP contribution in [0.5, 0.6) is 5.75 Å². The zero-order chi connectivity index (χ0) is 13.0. The van der Waals surface area contributed by atoms with Crippen LogP contribution >= 0.6 is 22.9 Å². The first-order valence-corrected chi connectivity index (χ1v) is 6.41. The van der Waals surface area contributed by atoms with E-state index in [4.69, 9.17) is 16.3 Å². The van der Waals surface area contributed by atoms with Crippen LogP contribution in [0.2, 0.25) is 5.02 Å². The smallest absolute Gasteiger partial charge is 0.140 e. The van der Waals surface area contributed by atoms with Crippen LogP contribution in [-0.2, 0) is 17.8 Å². The van der Waals surface area contributed by atoms with Crippen LogP contribution in [0.1, 0.15) is 10.7 Å². The van der Waals surface area contributed by atoms with E-state index in [9.17, 15) is 9.90 Å². The number of benzene rings is 1. The molecule has 0 unspecified atom stereocenters. The third-order valence-electron chi connectivity index (χ3n) is 2.11. The normalized spacial score (nSPS) is 10.3. The summed E-state index contributed by atoms with van der Waals surface area (Å²) < 4.78 is 5.49. The van der Waals surface area contributed by atoms with Gasteiger partial charge in [-0.25, -0.2) is 4.98 Å². The lowest BCUT2D eigenvalue weighted by Gasteiger charge is -2.05. The summed E-state index contributed by atoms with van der Waals surface area (Å²) in [6.45, 7) is 0.265. The molecule has 0 saturated carbocycles. The third-order valence-corrected chi connectivity index (χ3v) is 3.30. The number of carboxylic acid groups (broad SMARTS) is 1. The molecule has 0 atom stereocenters. The van der Waals surface area contributed by atoms with Gasteiger partial charge in [0.2, 0.25) is 0 Å². The Labute approximate surface area is 113 Å². The predicted molar refractivity (Wildman–Crippen MR) is 66.6 cm³/mol. The number of carboxylic acids is 1. The van der Waals surface area contributed by atoms with Crippen LogP contribution < -0.4 is 9.84 Å². The van der Waals surface area contributed by atoms with Gasteiger partial charge in [0.15, 0.2) is 0 Å². The van der Waals surface area contributed by atoms with Gasteiger partial charge in [-0.2, -0.15) is 0 Å². The van der Waals surface area contributed by atoms with Gasteiger partial charge in [-0.05, 0) is 12.1 Å². The van der Waals surface area contributed by atoms with Crippen molar-refractivity contribution in [2.24, 2.45) is 0 Å². The highest BCUT2D eigenvalue weighted by Gasteiger charge is 2.05. The average molecular weight is 283 g/mol. The molecule has 0 bridgehead atoms. The summed E-state index contributed by atoms with van der Waals surface area (Å²) in [7, 11) is 0. The lowest BCUT2D eigenvalue weighted by molar-refractivity contribution is -0.304. The number of halogens is 1. The van der Waals surface area contributed by atoms with E-state index in [1.54, 1.807) is 17.5 Å². The Kier molecular flexibility index (Phi) is 4.17. The molecule has 0 saturated heterocycles. The first-order chi connectivity index (χ1) is 8.65. The summed E-state index contributed by atoms with van der Waals surface area (Å²) >= 11 is 7.28. The number of aromatic nitrogens is 1. The molecule has 0 aliphatic heterocycles. The third kappa shape index (κ3) is 3.45. The average Bonchev–Trinajstić information content (AvgIpc) is 2.75. The Morgan fingerprint density at radius 1 is 1.44 bits per heavy atom. The molecule has 1 heterocycles. The molecule has 2 aromatic rings. The zero-order valence-corrected chi connectivity index (χ0v) is 10.8. The lowest BCUT2D eigenvalue weighted by atomic mass is 10.3. The minimum Gasteiger partial charge on any atom is -0.550 e. The van der Waals surface area contributed by atoms with Crippen molar-refractivity contribution in [3.8, 4) is 5.75 Å². The van der Waals surface area contributed by atoms with Crippen molar-refractivity contribution >= 4 is 28.9 Å². The number of aliphatic carboxylic acids is 1. The van der Waals surface area contributed by atoms with Crippen LogP contribution in [0.15, 0.2) is 29.6 Å². The Balaban J connectivity index is 1.96.